The van der Waals surface area contributed by atoms with Crippen LogP contribution in [0.5, 0.6) is 23.0 Å². The number of methoxy groups -OCH3 is 1. The Bertz CT molecular complexity index is 897. The molecular weight excluding hydrogens is 358 g/mol. The molecule has 28 heavy (non-hydrogen) atoms. The van der Waals surface area contributed by atoms with Crippen LogP contribution in [0.2, 0.25) is 0 Å². The summed E-state index contributed by atoms with van der Waals surface area (Å²) < 4.78 is 22.4. The quantitative estimate of drug-likeness (QED) is 0.876. The standard InChI is InChI=1S/C22H25NO5/c1-25-19-10-16-12-23-5-4-15-9-21-22(28-13-27-21)11-17(15)18(23)3-2-14(16)8-20(19)26-7-6-24/h8-11,18,24H,2-7,12-13H2,1H3/t18-/m0/s1. The van der Waals surface area contributed by atoms with Gasteiger partial charge in [0.1, 0.15) is 6.61 Å². The van der Waals surface area contributed by atoms with Crippen LogP contribution in [0.4, 0.5) is 0 Å². The predicted molar refractivity (Wildman–Crippen MR) is 103 cm³/mol. The molecule has 1 N–H and O–H groups in total. The molecule has 6 nitrogen and oxygen atoms in total. The number of aryl methyl sites for hydroxylation is 1. The van der Waals surface area contributed by atoms with Crippen molar-refractivity contribution in [1.82, 2.24) is 4.90 Å². The summed E-state index contributed by atoms with van der Waals surface area (Å²) in [6, 6.07) is 8.90. The number of hydrogen-bond donors (Lipinski definition) is 1. The fourth-order valence-corrected chi connectivity index (χ4v) is 4.63. The Labute approximate surface area is 164 Å². The fourth-order valence-electron chi connectivity index (χ4n) is 4.63. The van der Waals surface area contributed by atoms with Gasteiger partial charge in [0.25, 0.3) is 0 Å². The number of nitrogens with zero attached hydrogens (tertiary/aromatic N) is 1. The van der Waals surface area contributed by atoms with Crippen LogP contribution in [0, 0.1) is 0 Å². The number of hydrogen-bond acceptors (Lipinski definition) is 6. The van der Waals surface area contributed by atoms with Gasteiger partial charge in [-0.05, 0) is 65.8 Å². The van der Waals surface area contributed by atoms with Crippen molar-refractivity contribution in [1.29, 1.82) is 0 Å². The van der Waals surface area contributed by atoms with E-state index in [9.17, 15) is 0 Å². The molecule has 0 unspecified atom stereocenters. The smallest absolute Gasteiger partial charge is 0.231 e. The molecule has 6 heteroatoms. The number of aliphatic hydroxyl groups excluding tert-OH is 1. The third-order valence-electron chi connectivity index (χ3n) is 6.00. The highest BCUT2D eigenvalue weighted by Gasteiger charge is 2.32. The zero-order valence-electron chi connectivity index (χ0n) is 16.1. The molecule has 0 aliphatic carbocycles. The first-order valence-corrected chi connectivity index (χ1v) is 9.86. The van der Waals surface area contributed by atoms with E-state index in [1.807, 2.05) is 0 Å². The Morgan fingerprint density at radius 2 is 1.86 bits per heavy atom. The molecule has 0 saturated heterocycles. The highest BCUT2D eigenvalue weighted by Crippen LogP contribution is 2.44. The van der Waals surface area contributed by atoms with Crippen molar-refractivity contribution in [2.24, 2.45) is 0 Å². The first kappa shape index (κ1) is 17.6. The van der Waals surface area contributed by atoms with E-state index in [1.54, 1.807) is 7.11 Å². The van der Waals surface area contributed by atoms with Gasteiger partial charge in [0.05, 0.1) is 13.7 Å². The van der Waals surface area contributed by atoms with Crippen molar-refractivity contribution in [3.05, 3.63) is 46.5 Å². The van der Waals surface area contributed by atoms with Gasteiger partial charge in [-0.1, -0.05) is 0 Å². The SMILES string of the molecule is COc1cc2c(cc1OCCO)CC[C@H]1c3cc4c(cc3CCN1C2)OCO4. The van der Waals surface area contributed by atoms with E-state index in [-0.39, 0.29) is 13.2 Å². The van der Waals surface area contributed by atoms with Gasteiger partial charge in [-0.3, -0.25) is 4.90 Å². The Morgan fingerprint density at radius 3 is 2.68 bits per heavy atom. The molecule has 148 valence electrons. The third kappa shape index (κ3) is 2.97. The molecule has 0 radical (unpaired) electrons. The minimum absolute atomic E-state index is 0.0109. The van der Waals surface area contributed by atoms with Crippen molar-refractivity contribution in [2.45, 2.75) is 31.8 Å². The first-order valence-electron chi connectivity index (χ1n) is 9.86. The first-order chi connectivity index (χ1) is 13.8. The maximum Gasteiger partial charge on any atom is 0.231 e. The average molecular weight is 383 g/mol. The lowest BCUT2D eigenvalue weighted by atomic mass is 9.89. The van der Waals surface area contributed by atoms with Crippen LogP contribution in [0.25, 0.3) is 0 Å². The molecular formula is C22H25NO5. The van der Waals surface area contributed by atoms with Crippen molar-refractivity contribution in [2.75, 3.05) is 33.7 Å². The lowest BCUT2D eigenvalue weighted by molar-refractivity contribution is 0.172. The van der Waals surface area contributed by atoms with Gasteiger partial charge in [-0.25, -0.2) is 0 Å². The second-order valence-electron chi connectivity index (χ2n) is 7.52. The molecule has 0 spiro atoms. The van der Waals surface area contributed by atoms with Gasteiger partial charge in [0.15, 0.2) is 23.0 Å². The van der Waals surface area contributed by atoms with Gasteiger partial charge >= 0.3 is 0 Å². The number of rotatable bonds is 4. The second kappa shape index (κ2) is 7.18. The third-order valence-corrected chi connectivity index (χ3v) is 6.00. The minimum Gasteiger partial charge on any atom is -0.493 e. The number of benzene rings is 2. The van der Waals surface area contributed by atoms with E-state index < -0.39 is 0 Å². The largest absolute Gasteiger partial charge is 0.493 e. The van der Waals surface area contributed by atoms with Crippen LogP contribution in [-0.4, -0.2) is 43.7 Å². The summed E-state index contributed by atoms with van der Waals surface area (Å²) in [5.41, 5.74) is 5.33. The van der Waals surface area contributed by atoms with Crippen LogP contribution in [-0.2, 0) is 19.4 Å². The Balaban J connectivity index is 1.47. The normalized spacial score (nSPS) is 20.0. The molecule has 2 aromatic rings. The van der Waals surface area contributed by atoms with E-state index in [4.69, 9.17) is 24.1 Å². The van der Waals surface area contributed by atoms with Crippen LogP contribution in [0.15, 0.2) is 24.3 Å². The topological polar surface area (TPSA) is 60.4 Å². The highest BCUT2D eigenvalue weighted by atomic mass is 16.7. The zero-order valence-corrected chi connectivity index (χ0v) is 16.1. The maximum atomic E-state index is 9.08. The number of ether oxygens (including phenoxy) is 4. The molecule has 0 bridgehead atoms. The molecule has 3 aliphatic rings. The lowest BCUT2D eigenvalue weighted by Crippen LogP contribution is -2.34. The van der Waals surface area contributed by atoms with Crippen LogP contribution >= 0.6 is 0 Å². The van der Waals surface area contributed by atoms with Crippen molar-refractivity contribution < 1.29 is 24.1 Å². The van der Waals surface area contributed by atoms with E-state index in [2.05, 4.69) is 29.2 Å². The molecule has 0 amide bonds. The van der Waals surface area contributed by atoms with Crippen LogP contribution in [0.1, 0.15) is 34.7 Å². The van der Waals surface area contributed by atoms with Gasteiger partial charge < -0.3 is 24.1 Å². The fraction of sp³-hybridized carbons (Fsp3) is 0.455. The highest BCUT2D eigenvalue weighted by molar-refractivity contribution is 5.52. The molecule has 1 atom stereocenters. The van der Waals surface area contributed by atoms with E-state index in [0.29, 0.717) is 18.6 Å². The number of fused-ring (bicyclic) bond motifs is 5. The van der Waals surface area contributed by atoms with E-state index in [1.165, 1.54) is 22.3 Å². The zero-order chi connectivity index (χ0) is 19.1. The average Bonchev–Trinajstić information content (AvgIpc) is 3.09. The lowest BCUT2D eigenvalue weighted by Gasteiger charge is -2.36. The molecule has 5 rings (SSSR count). The summed E-state index contributed by atoms with van der Waals surface area (Å²) in [5, 5.41) is 9.08. The summed E-state index contributed by atoms with van der Waals surface area (Å²) in [5.74, 6) is 3.17. The van der Waals surface area contributed by atoms with Gasteiger partial charge in [-0.15, -0.1) is 0 Å². The maximum absolute atomic E-state index is 9.08. The van der Waals surface area contributed by atoms with E-state index >= 15 is 0 Å². The second-order valence-corrected chi connectivity index (χ2v) is 7.52. The Hall–Kier alpha value is -2.44. The Morgan fingerprint density at radius 1 is 1.04 bits per heavy atom. The molecule has 0 aromatic heterocycles. The van der Waals surface area contributed by atoms with Gasteiger partial charge in [0, 0.05) is 19.1 Å². The number of aliphatic hydroxyl groups is 1. The monoisotopic (exact) mass is 383 g/mol. The van der Waals surface area contributed by atoms with Crippen LogP contribution in [0.3, 0.4) is 0 Å². The summed E-state index contributed by atoms with van der Waals surface area (Å²) in [6.07, 6.45) is 3.04. The van der Waals surface area contributed by atoms with E-state index in [0.717, 1.165) is 49.6 Å². The summed E-state index contributed by atoms with van der Waals surface area (Å²) in [4.78, 5) is 2.56. The molecule has 0 saturated carbocycles. The molecule has 0 fully saturated rings. The van der Waals surface area contributed by atoms with Crippen molar-refractivity contribution in [3.63, 3.8) is 0 Å². The minimum atomic E-state index is -0.0109. The summed E-state index contributed by atoms with van der Waals surface area (Å²) >= 11 is 0. The van der Waals surface area contributed by atoms with Crippen LogP contribution < -0.4 is 18.9 Å². The molecule has 3 aliphatic heterocycles. The molecule has 2 aromatic carbocycles. The summed E-state index contributed by atoms with van der Waals surface area (Å²) in [7, 11) is 1.66. The molecule has 3 heterocycles. The van der Waals surface area contributed by atoms with Crippen molar-refractivity contribution >= 4 is 0 Å². The predicted octanol–water partition coefficient (Wildman–Crippen LogP) is 2.84. The Kier molecular flexibility index (Phi) is 4.53. The van der Waals surface area contributed by atoms with Gasteiger partial charge in [-0.2, -0.15) is 0 Å². The van der Waals surface area contributed by atoms with Crippen molar-refractivity contribution in [3.8, 4) is 23.0 Å². The summed E-state index contributed by atoms with van der Waals surface area (Å²) in [6.45, 7) is 2.49. The van der Waals surface area contributed by atoms with Gasteiger partial charge in [0.2, 0.25) is 6.79 Å².